The van der Waals surface area contributed by atoms with Gasteiger partial charge in [0.2, 0.25) is 0 Å². The van der Waals surface area contributed by atoms with Crippen molar-refractivity contribution in [1.29, 1.82) is 0 Å². The molecule has 0 spiro atoms. The Labute approximate surface area is 94.8 Å². The lowest BCUT2D eigenvalue weighted by molar-refractivity contribution is 0.401. The quantitative estimate of drug-likeness (QED) is 0.777. The average molecular weight is 241 g/mol. The molecule has 3 rings (SSSR count). The third-order valence-electron chi connectivity index (χ3n) is 3.32. The van der Waals surface area contributed by atoms with Gasteiger partial charge in [-0.15, -0.1) is 0 Å². The van der Waals surface area contributed by atoms with E-state index in [1.54, 1.807) is 10.7 Å². The summed E-state index contributed by atoms with van der Waals surface area (Å²) >= 11 is 0. The van der Waals surface area contributed by atoms with Crippen molar-refractivity contribution in [3.8, 4) is 0 Å². The fourth-order valence-electron chi connectivity index (χ4n) is 2.41. The maximum absolute atomic E-state index is 11.7. The first kappa shape index (κ1) is 10.3. The summed E-state index contributed by atoms with van der Waals surface area (Å²) in [7, 11) is -3.05. The molecule has 1 aromatic heterocycles. The molecule has 1 atom stereocenters. The fourth-order valence-corrected chi connectivity index (χ4v) is 3.79. The topological polar surface area (TPSA) is 64.0 Å². The van der Waals surface area contributed by atoms with E-state index in [0.29, 0.717) is 11.6 Å². The van der Waals surface area contributed by atoms with Gasteiger partial charge in [0, 0.05) is 0 Å². The van der Waals surface area contributed by atoms with Gasteiger partial charge in [0.1, 0.15) is 0 Å². The monoisotopic (exact) mass is 241 g/mol. The summed E-state index contributed by atoms with van der Waals surface area (Å²) in [5.74, 6) is 0.202. The van der Waals surface area contributed by atoms with Crippen molar-refractivity contribution in [3.63, 3.8) is 0 Å². The largest absolute Gasteiger partial charge is 0.309 e. The van der Waals surface area contributed by atoms with Crippen molar-refractivity contribution >= 4 is 9.84 Å². The van der Waals surface area contributed by atoms with E-state index in [0.717, 1.165) is 18.7 Å². The van der Waals surface area contributed by atoms with Crippen molar-refractivity contribution in [2.45, 2.75) is 36.9 Å². The van der Waals surface area contributed by atoms with Gasteiger partial charge >= 0.3 is 0 Å². The summed E-state index contributed by atoms with van der Waals surface area (Å²) in [6.45, 7) is 1.50. The zero-order valence-electron chi connectivity index (χ0n) is 9.02. The Bertz CT molecular complexity index is 500. The first-order chi connectivity index (χ1) is 7.67. The number of sulfone groups is 1. The molecule has 88 valence electrons. The minimum atomic E-state index is -3.05. The fraction of sp³-hybridized carbons (Fsp3) is 0.700. The van der Waals surface area contributed by atoms with Crippen LogP contribution in [0, 0.1) is 0 Å². The highest BCUT2D eigenvalue weighted by Crippen LogP contribution is 2.27. The second kappa shape index (κ2) is 3.56. The van der Waals surface area contributed by atoms with E-state index in [1.165, 1.54) is 12.8 Å². The standard InChI is InChI=1S/C10H15N3O2S/c14-16(15)6-5-13-10(16)7-9(12-13)8-3-1-2-4-11-8/h7-8,11H,1-6H2. The summed E-state index contributed by atoms with van der Waals surface area (Å²) in [5.41, 5.74) is 0.887. The van der Waals surface area contributed by atoms with Gasteiger partial charge in [0.15, 0.2) is 14.9 Å². The highest BCUT2D eigenvalue weighted by atomic mass is 32.2. The molecule has 1 saturated heterocycles. The Kier molecular flexibility index (Phi) is 2.29. The van der Waals surface area contributed by atoms with Gasteiger partial charge in [0.05, 0.1) is 24.0 Å². The maximum Gasteiger partial charge on any atom is 0.197 e. The molecule has 1 aromatic rings. The predicted octanol–water partition coefficient (Wildman–Crippen LogP) is 0.485. The van der Waals surface area contributed by atoms with Crippen molar-refractivity contribution in [3.05, 3.63) is 11.8 Å². The van der Waals surface area contributed by atoms with Crippen molar-refractivity contribution in [2.24, 2.45) is 0 Å². The minimum Gasteiger partial charge on any atom is -0.309 e. The molecule has 1 unspecified atom stereocenters. The first-order valence-corrected chi connectivity index (χ1v) is 7.36. The van der Waals surface area contributed by atoms with E-state index in [4.69, 9.17) is 0 Å². The number of fused-ring (bicyclic) bond motifs is 1. The maximum atomic E-state index is 11.7. The zero-order chi connectivity index (χ0) is 11.2. The van der Waals surface area contributed by atoms with Crippen LogP contribution in [0.4, 0.5) is 0 Å². The number of aromatic nitrogens is 2. The number of aryl methyl sites for hydroxylation is 1. The van der Waals surface area contributed by atoms with Gasteiger partial charge in [-0.2, -0.15) is 5.10 Å². The molecule has 5 nitrogen and oxygen atoms in total. The second-order valence-corrected chi connectivity index (χ2v) is 6.51. The Balaban J connectivity index is 1.94. The summed E-state index contributed by atoms with van der Waals surface area (Å²) in [5, 5.41) is 8.16. The SMILES string of the molecule is O=S1(=O)CCn2nc(C3CCCCN3)cc21. The third-order valence-corrected chi connectivity index (χ3v) is 5.01. The van der Waals surface area contributed by atoms with Crippen molar-refractivity contribution < 1.29 is 8.42 Å². The lowest BCUT2D eigenvalue weighted by Crippen LogP contribution is -2.27. The molecule has 0 saturated carbocycles. The number of hydrogen-bond donors (Lipinski definition) is 1. The van der Waals surface area contributed by atoms with Crippen molar-refractivity contribution in [1.82, 2.24) is 15.1 Å². The average Bonchev–Trinajstić information content (AvgIpc) is 2.82. The van der Waals surface area contributed by atoms with E-state index < -0.39 is 9.84 Å². The van der Waals surface area contributed by atoms with Crippen LogP contribution in [0.15, 0.2) is 11.1 Å². The second-order valence-electron chi connectivity index (χ2n) is 4.45. The Morgan fingerprint density at radius 2 is 2.31 bits per heavy atom. The Hall–Kier alpha value is -0.880. The molecule has 0 bridgehead atoms. The summed E-state index contributed by atoms with van der Waals surface area (Å²) in [6.07, 6.45) is 3.44. The van der Waals surface area contributed by atoms with Crippen LogP contribution >= 0.6 is 0 Å². The van der Waals surface area contributed by atoms with Crippen LogP contribution in [0.3, 0.4) is 0 Å². The van der Waals surface area contributed by atoms with Crippen LogP contribution in [0.1, 0.15) is 31.0 Å². The summed E-state index contributed by atoms with van der Waals surface area (Å²) in [6, 6.07) is 1.98. The Morgan fingerprint density at radius 1 is 1.44 bits per heavy atom. The van der Waals surface area contributed by atoms with Gasteiger partial charge < -0.3 is 5.32 Å². The molecule has 6 heteroatoms. The Morgan fingerprint density at radius 3 is 3.00 bits per heavy atom. The van der Waals surface area contributed by atoms with E-state index in [9.17, 15) is 8.42 Å². The number of hydrogen-bond acceptors (Lipinski definition) is 4. The molecule has 1 fully saturated rings. The lowest BCUT2D eigenvalue weighted by atomic mass is 10.0. The molecule has 3 heterocycles. The van der Waals surface area contributed by atoms with Crippen LogP contribution in [0.25, 0.3) is 0 Å². The summed E-state index contributed by atoms with van der Waals surface area (Å²) < 4.78 is 25.0. The van der Waals surface area contributed by atoms with E-state index in [2.05, 4.69) is 10.4 Å². The lowest BCUT2D eigenvalue weighted by Gasteiger charge is -2.21. The molecule has 0 aliphatic carbocycles. The molecule has 0 aromatic carbocycles. The predicted molar refractivity (Wildman–Crippen MR) is 58.9 cm³/mol. The van der Waals surface area contributed by atoms with E-state index >= 15 is 0 Å². The molecule has 16 heavy (non-hydrogen) atoms. The van der Waals surface area contributed by atoms with Gasteiger partial charge in [-0.3, -0.25) is 4.68 Å². The molecule has 0 amide bonds. The molecule has 2 aliphatic heterocycles. The van der Waals surface area contributed by atoms with Crippen LogP contribution in [0.2, 0.25) is 0 Å². The normalized spacial score (nSPS) is 27.9. The number of nitrogens with zero attached hydrogens (tertiary/aromatic N) is 2. The molecular formula is C10H15N3O2S. The van der Waals surface area contributed by atoms with Crippen LogP contribution < -0.4 is 5.32 Å². The number of rotatable bonds is 1. The zero-order valence-corrected chi connectivity index (χ0v) is 9.83. The molecule has 0 radical (unpaired) electrons. The van der Waals surface area contributed by atoms with Crippen LogP contribution in [-0.4, -0.2) is 30.5 Å². The van der Waals surface area contributed by atoms with Crippen LogP contribution in [-0.2, 0) is 16.4 Å². The van der Waals surface area contributed by atoms with Gasteiger partial charge in [-0.05, 0) is 25.5 Å². The number of piperidine rings is 1. The minimum absolute atomic E-state index is 0.202. The van der Waals surface area contributed by atoms with Crippen LogP contribution in [0.5, 0.6) is 0 Å². The van der Waals surface area contributed by atoms with Gasteiger partial charge in [-0.25, -0.2) is 8.42 Å². The smallest absolute Gasteiger partial charge is 0.197 e. The first-order valence-electron chi connectivity index (χ1n) is 5.71. The van der Waals surface area contributed by atoms with Crippen molar-refractivity contribution in [2.75, 3.05) is 12.3 Å². The highest BCUT2D eigenvalue weighted by Gasteiger charge is 2.30. The number of nitrogens with one attached hydrogen (secondary N) is 1. The summed E-state index contributed by atoms with van der Waals surface area (Å²) in [4.78, 5) is 0. The molecule has 2 aliphatic rings. The highest BCUT2D eigenvalue weighted by molar-refractivity contribution is 7.91. The van der Waals surface area contributed by atoms with Gasteiger partial charge in [0.25, 0.3) is 0 Å². The van der Waals surface area contributed by atoms with Gasteiger partial charge in [-0.1, -0.05) is 6.42 Å². The van der Waals surface area contributed by atoms with E-state index in [1.807, 2.05) is 0 Å². The molecular weight excluding hydrogens is 226 g/mol. The third kappa shape index (κ3) is 1.56. The van der Waals surface area contributed by atoms with E-state index in [-0.39, 0.29) is 11.8 Å². The molecule has 1 N–H and O–H groups in total.